The number of carbonyl (C=O) groups is 1. The standard InChI is InChI=1S/C14H21BrN2O2/c1-9-7-13(19-2)10(8-11(9)15)12(16)5-3-4-6-14(17)18/h7-8,12H,3-6,16H2,1-2H3,(H2,17,18). The molecular formula is C14H21BrN2O2. The molecule has 0 fully saturated rings. The molecule has 0 radical (unpaired) electrons. The molecule has 0 spiro atoms. The van der Waals surface area contributed by atoms with Gasteiger partial charge in [-0.2, -0.15) is 0 Å². The van der Waals surface area contributed by atoms with Gasteiger partial charge in [0.1, 0.15) is 5.75 Å². The highest BCUT2D eigenvalue weighted by Gasteiger charge is 2.14. The summed E-state index contributed by atoms with van der Waals surface area (Å²) < 4.78 is 6.40. The largest absolute Gasteiger partial charge is 0.496 e. The second-order valence-corrected chi connectivity index (χ2v) is 5.52. The van der Waals surface area contributed by atoms with Crippen LogP contribution in [0.5, 0.6) is 5.75 Å². The van der Waals surface area contributed by atoms with E-state index < -0.39 is 0 Å². The fourth-order valence-corrected chi connectivity index (χ4v) is 2.32. The molecule has 1 unspecified atom stereocenters. The van der Waals surface area contributed by atoms with Crippen molar-refractivity contribution in [3.63, 3.8) is 0 Å². The lowest BCUT2D eigenvalue weighted by molar-refractivity contribution is -0.118. The second-order valence-electron chi connectivity index (χ2n) is 4.66. The Hall–Kier alpha value is -1.07. The molecule has 1 rings (SSSR count). The summed E-state index contributed by atoms with van der Waals surface area (Å²) in [5.74, 6) is 0.548. The SMILES string of the molecule is COc1cc(C)c(Br)cc1C(N)CCCCC(N)=O. The average Bonchev–Trinajstić information content (AvgIpc) is 2.36. The molecule has 0 heterocycles. The number of rotatable bonds is 7. The van der Waals surface area contributed by atoms with Crippen molar-refractivity contribution in [2.75, 3.05) is 7.11 Å². The monoisotopic (exact) mass is 328 g/mol. The summed E-state index contributed by atoms with van der Waals surface area (Å²) in [6, 6.07) is 3.88. The zero-order chi connectivity index (χ0) is 14.4. The summed E-state index contributed by atoms with van der Waals surface area (Å²) in [5, 5.41) is 0. The van der Waals surface area contributed by atoms with E-state index in [2.05, 4.69) is 15.9 Å². The minimum atomic E-state index is -0.260. The van der Waals surface area contributed by atoms with Gasteiger partial charge in [-0.15, -0.1) is 0 Å². The quantitative estimate of drug-likeness (QED) is 0.755. The highest BCUT2D eigenvalue weighted by atomic mass is 79.9. The minimum Gasteiger partial charge on any atom is -0.496 e. The fraction of sp³-hybridized carbons (Fsp3) is 0.500. The Labute approximate surface area is 122 Å². The summed E-state index contributed by atoms with van der Waals surface area (Å²) in [5.41, 5.74) is 13.4. The number of aryl methyl sites for hydroxylation is 1. The summed E-state index contributed by atoms with van der Waals surface area (Å²) in [6.45, 7) is 2.01. The van der Waals surface area contributed by atoms with Crippen LogP contribution >= 0.6 is 15.9 Å². The molecule has 5 heteroatoms. The van der Waals surface area contributed by atoms with Gasteiger partial charge >= 0.3 is 0 Å². The van der Waals surface area contributed by atoms with Crippen molar-refractivity contribution in [2.24, 2.45) is 11.5 Å². The van der Waals surface area contributed by atoms with Gasteiger partial charge in [-0.3, -0.25) is 4.79 Å². The second kappa shape index (κ2) is 7.50. The van der Waals surface area contributed by atoms with Crippen LogP contribution in [0.4, 0.5) is 0 Å². The van der Waals surface area contributed by atoms with E-state index >= 15 is 0 Å². The summed E-state index contributed by atoms with van der Waals surface area (Å²) in [7, 11) is 1.64. The van der Waals surface area contributed by atoms with Gasteiger partial charge in [0.05, 0.1) is 7.11 Å². The molecular weight excluding hydrogens is 308 g/mol. The molecule has 1 aromatic rings. The molecule has 0 bridgehead atoms. The first kappa shape index (κ1) is 16.0. The summed E-state index contributed by atoms with van der Waals surface area (Å²) in [4.78, 5) is 10.7. The molecule has 0 aliphatic heterocycles. The van der Waals surface area contributed by atoms with Crippen molar-refractivity contribution >= 4 is 21.8 Å². The molecule has 4 N–H and O–H groups in total. The lowest BCUT2D eigenvalue weighted by atomic mass is 9.99. The van der Waals surface area contributed by atoms with Gasteiger partial charge in [0.15, 0.2) is 0 Å². The van der Waals surface area contributed by atoms with Crippen molar-refractivity contribution in [2.45, 2.75) is 38.6 Å². The van der Waals surface area contributed by atoms with Gasteiger partial charge in [0, 0.05) is 22.5 Å². The smallest absolute Gasteiger partial charge is 0.217 e. The predicted octanol–water partition coefficient (Wildman–Crippen LogP) is 2.81. The van der Waals surface area contributed by atoms with Gasteiger partial charge in [-0.05, 0) is 37.5 Å². The molecule has 4 nitrogen and oxygen atoms in total. The first-order chi connectivity index (χ1) is 8.95. The highest BCUT2D eigenvalue weighted by molar-refractivity contribution is 9.10. The number of primary amides is 1. The zero-order valence-corrected chi connectivity index (χ0v) is 13.0. The van der Waals surface area contributed by atoms with Crippen LogP contribution in [0.1, 0.15) is 42.9 Å². The van der Waals surface area contributed by atoms with Crippen molar-refractivity contribution in [1.29, 1.82) is 0 Å². The first-order valence-electron chi connectivity index (χ1n) is 6.33. The highest BCUT2D eigenvalue weighted by Crippen LogP contribution is 2.32. The third-order valence-corrected chi connectivity index (χ3v) is 3.95. The van der Waals surface area contributed by atoms with E-state index in [1.165, 1.54) is 0 Å². The van der Waals surface area contributed by atoms with Gasteiger partial charge in [-0.25, -0.2) is 0 Å². The average molecular weight is 329 g/mol. The van der Waals surface area contributed by atoms with Crippen molar-refractivity contribution in [3.8, 4) is 5.75 Å². The number of ether oxygens (including phenoxy) is 1. The molecule has 0 aromatic heterocycles. The third kappa shape index (κ3) is 4.84. The maximum Gasteiger partial charge on any atom is 0.217 e. The molecule has 19 heavy (non-hydrogen) atoms. The number of hydrogen-bond donors (Lipinski definition) is 2. The number of hydrogen-bond acceptors (Lipinski definition) is 3. The Balaban J connectivity index is 2.67. The van der Waals surface area contributed by atoms with Crippen LogP contribution in [0.3, 0.4) is 0 Å². The number of carbonyl (C=O) groups excluding carboxylic acids is 1. The van der Waals surface area contributed by atoms with Gasteiger partial charge in [0.25, 0.3) is 0 Å². The van der Waals surface area contributed by atoms with E-state index in [4.69, 9.17) is 16.2 Å². The number of methoxy groups -OCH3 is 1. The molecule has 0 saturated carbocycles. The van der Waals surface area contributed by atoms with Crippen molar-refractivity contribution in [3.05, 3.63) is 27.7 Å². The number of halogens is 1. The molecule has 106 valence electrons. The minimum absolute atomic E-state index is 0.0975. The fourth-order valence-electron chi connectivity index (χ4n) is 1.96. The van der Waals surface area contributed by atoms with Gasteiger partial charge in [0.2, 0.25) is 5.91 Å². The third-order valence-electron chi connectivity index (χ3n) is 3.10. The number of nitrogens with two attached hydrogens (primary N) is 2. The Morgan fingerprint density at radius 1 is 1.42 bits per heavy atom. The Morgan fingerprint density at radius 3 is 2.68 bits per heavy atom. The van der Waals surface area contributed by atoms with Crippen LogP contribution in [-0.4, -0.2) is 13.0 Å². The van der Waals surface area contributed by atoms with E-state index in [1.807, 2.05) is 19.1 Å². The normalized spacial score (nSPS) is 12.2. The number of amides is 1. The first-order valence-corrected chi connectivity index (χ1v) is 7.13. The van der Waals surface area contributed by atoms with Crippen LogP contribution in [-0.2, 0) is 4.79 Å². The zero-order valence-electron chi connectivity index (χ0n) is 11.4. The Bertz CT molecular complexity index is 449. The maximum absolute atomic E-state index is 10.7. The van der Waals surface area contributed by atoms with E-state index in [-0.39, 0.29) is 11.9 Å². The molecule has 0 saturated heterocycles. The van der Waals surface area contributed by atoms with Crippen LogP contribution in [0.15, 0.2) is 16.6 Å². The van der Waals surface area contributed by atoms with Crippen LogP contribution in [0.2, 0.25) is 0 Å². The van der Waals surface area contributed by atoms with Crippen LogP contribution < -0.4 is 16.2 Å². The van der Waals surface area contributed by atoms with E-state index in [0.29, 0.717) is 6.42 Å². The molecule has 1 atom stereocenters. The van der Waals surface area contributed by atoms with E-state index in [1.54, 1.807) is 7.11 Å². The van der Waals surface area contributed by atoms with Crippen molar-refractivity contribution < 1.29 is 9.53 Å². The van der Waals surface area contributed by atoms with Gasteiger partial charge in [-0.1, -0.05) is 22.4 Å². The molecule has 0 aliphatic rings. The summed E-state index contributed by atoms with van der Waals surface area (Å²) in [6.07, 6.45) is 2.87. The Morgan fingerprint density at radius 2 is 2.11 bits per heavy atom. The van der Waals surface area contributed by atoms with Crippen LogP contribution in [0.25, 0.3) is 0 Å². The van der Waals surface area contributed by atoms with Crippen LogP contribution in [0, 0.1) is 6.92 Å². The maximum atomic E-state index is 10.7. The lowest BCUT2D eigenvalue weighted by Crippen LogP contribution is -2.13. The Kier molecular flexibility index (Phi) is 6.31. The predicted molar refractivity (Wildman–Crippen MR) is 80.0 cm³/mol. The molecule has 0 aliphatic carbocycles. The topological polar surface area (TPSA) is 78.3 Å². The molecule has 1 aromatic carbocycles. The molecule has 1 amide bonds. The van der Waals surface area contributed by atoms with E-state index in [0.717, 1.165) is 40.6 Å². The van der Waals surface area contributed by atoms with E-state index in [9.17, 15) is 4.79 Å². The number of benzene rings is 1. The lowest BCUT2D eigenvalue weighted by Gasteiger charge is -2.17. The van der Waals surface area contributed by atoms with Crippen molar-refractivity contribution in [1.82, 2.24) is 0 Å². The van der Waals surface area contributed by atoms with Gasteiger partial charge < -0.3 is 16.2 Å². The summed E-state index contributed by atoms with van der Waals surface area (Å²) >= 11 is 3.51. The number of unbranched alkanes of at least 4 members (excludes halogenated alkanes) is 1.